The predicted octanol–water partition coefficient (Wildman–Crippen LogP) is 2.98. The van der Waals surface area contributed by atoms with Gasteiger partial charge >= 0.3 is 0 Å². The minimum atomic E-state index is -0.663. The summed E-state index contributed by atoms with van der Waals surface area (Å²) in [5.41, 5.74) is -0.146. The van der Waals surface area contributed by atoms with E-state index in [0.29, 0.717) is 24.9 Å². The Bertz CT molecular complexity index is 439. The lowest BCUT2D eigenvalue weighted by Crippen LogP contribution is -2.39. The number of benzene rings is 1. The van der Waals surface area contributed by atoms with Crippen LogP contribution in [0.2, 0.25) is 0 Å². The second-order valence-corrected chi connectivity index (χ2v) is 5.16. The van der Waals surface area contributed by atoms with Gasteiger partial charge in [0.2, 0.25) is 5.91 Å². The molecule has 0 saturated carbocycles. The van der Waals surface area contributed by atoms with E-state index in [4.69, 9.17) is 11.6 Å². The van der Waals surface area contributed by atoms with E-state index < -0.39 is 11.6 Å². The van der Waals surface area contributed by atoms with Crippen LogP contribution in [0.25, 0.3) is 0 Å². The highest BCUT2D eigenvalue weighted by Crippen LogP contribution is 2.20. The fourth-order valence-corrected chi connectivity index (χ4v) is 2.61. The van der Waals surface area contributed by atoms with Gasteiger partial charge in [-0.25, -0.2) is 8.78 Å². The van der Waals surface area contributed by atoms with Crippen molar-refractivity contribution in [2.45, 2.75) is 19.3 Å². The van der Waals surface area contributed by atoms with Crippen molar-refractivity contribution < 1.29 is 13.6 Å². The summed E-state index contributed by atoms with van der Waals surface area (Å²) in [5.74, 6) is -0.509. The van der Waals surface area contributed by atoms with Gasteiger partial charge in [0.25, 0.3) is 0 Å². The fraction of sp³-hybridized carbons (Fsp3) is 0.500. The molecule has 19 heavy (non-hydrogen) atoms. The summed E-state index contributed by atoms with van der Waals surface area (Å²) in [7, 11) is 0. The summed E-state index contributed by atoms with van der Waals surface area (Å²) in [6.45, 7) is 1.23. The molecule has 5 heteroatoms. The van der Waals surface area contributed by atoms with Crippen LogP contribution in [0.5, 0.6) is 0 Å². The first-order valence-corrected chi connectivity index (χ1v) is 6.92. The molecule has 0 N–H and O–H groups in total. The first-order valence-electron chi connectivity index (χ1n) is 6.38. The number of rotatable bonds is 3. The van der Waals surface area contributed by atoms with E-state index in [1.807, 2.05) is 0 Å². The van der Waals surface area contributed by atoms with Gasteiger partial charge in [-0.05, 0) is 30.9 Å². The Morgan fingerprint density at radius 2 is 1.84 bits per heavy atom. The fourth-order valence-electron chi connectivity index (χ4n) is 2.30. The summed E-state index contributed by atoms with van der Waals surface area (Å²) in [4.78, 5) is 13.7. The van der Waals surface area contributed by atoms with Gasteiger partial charge < -0.3 is 4.90 Å². The van der Waals surface area contributed by atoms with Gasteiger partial charge in [0.15, 0.2) is 0 Å². The highest BCUT2D eigenvalue weighted by molar-refractivity contribution is 6.18. The molecule has 0 aliphatic carbocycles. The summed E-state index contributed by atoms with van der Waals surface area (Å²) < 4.78 is 26.9. The van der Waals surface area contributed by atoms with Crippen LogP contribution >= 0.6 is 11.6 Å². The monoisotopic (exact) mass is 287 g/mol. The topological polar surface area (TPSA) is 20.3 Å². The minimum Gasteiger partial charge on any atom is -0.342 e. The van der Waals surface area contributed by atoms with Gasteiger partial charge in [0.1, 0.15) is 11.6 Å². The van der Waals surface area contributed by atoms with Crippen LogP contribution in [-0.4, -0.2) is 29.8 Å². The zero-order valence-corrected chi connectivity index (χ0v) is 11.3. The molecule has 1 heterocycles. The van der Waals surface area contributed by atoms with E-state index in [1.54, 1.807) is 4.90 Å². The Morgan fingerprint density at radius 1 is 1.26 bits per heavy atom. The zero-order valence-electron chi connectivity index (χ0n) is 10.5. The van der Waals surface area contributed by atoms with Crippen LogP contribution in [0, 0.1) is 17.6 Å². The van der Waals surface area contributed by atoms with Crippen LogP contribution in [0.3, 0.4) is 0 Å². The largest absolute Gasteiger partial charge is 0.342 e. The van der Waals surface area contributed by atoms with Crippen molar-refractivity contribution in [3.63, 3.8) is 0 Å². The molecule has 0 bridgehead atoms. The third-order valence-electron chi connectivity index (χ3n) is 3.58. The number of nitrogens with zero attached hydrogens (tertiary/aromatic N) is 1. The summed E-state index contributed by atoms with van der Waals surface area (Å²) in [6, 6.07) is 3.64. The number of alkyl halides is 1. The summed E-state index contributed by atoms with van der Waals surface area (Å²) in [5, 5.41) is 0. The van der Waals surface area contributed by atoms with Crippen LogP contribution in [-0.2, 0) is 11.2 Å². The van der Waals surface area contributed by atoms with Gasteiger partial charge in [0, 0.05) is 24.5 Å². The molecule has 1 saturated heterocycles. The van der Waals surface area contributed by atoms with Crippen LogP contribution in [0.15, 0.2) is 18.2 Å². The molecule has 2 nitrogen and oxygen atoms in total. The third-order valence-corrected chi connectivity index (χ3v) is 4.01. The molecule has 1 fully saturated rings. The second kappa shape index (κ2) is 6.33. The molecule has 0 radical (unpaired) electrons. The Balaban J connectivity index is 1.98. The lowest BCUT2D eigenvalue weighted by molar-refractivity contribution is -0.131. The van der Waals surface area contributed by atoms with E-state index in [9.17, 15) is 13.6 Å². The first kappa shape index (κ1) is 14.3. The number of hydrogen-bond acceptors (Lipinski definition) is 1. The molecule has 0 unspecified atom stereocenters. The lowest BCUT2D eigenvalue weighted by Gasteiger charge is -2.31. The van der Waals surface area contributed by atoms with Gasteiger partial charge in [-0.2, -0.15) is 0 Å². The SMILES string of the molecule is O=C(Cc1c(F)cccc1F)N1CCC(CCl)CC1. The molecule has 1 amide bonds. The number of halogens is 3. The number of piperidine rings is 1. The molecule has 2 rings (SSSR count). The third kappa shape index (κ3) is 3.44. The van der Waals surface area contributed by atoms with E-state index in [1.165, 1.54) is 18.2 Å². The maximum absolute atomic E-state index is 13.5. The van der Waals surface area contributed by atoms with Gasteiger partial charge in [-0.3, -0.25) is 4.79 Å². The minimum absolute atomic E-state index is 0.146. The standard InChI is InChI=1S/C14H16ClF2NO/c15-9-10-4-6-18(7-5-10)14(19)8-11-12(16)2-1-3-13(11)17/h1-3,10H,4-9H2. The molecule has 0 spiro atoms. The Hall–Kier alpha value is -1.16. The number of carbonyl (C=O) groups excluding carboxylic acids is 1. The quantitative estimate of drug-likeness (QED) is 0.783. The van der Waals surface area contributed by atoms with Crippen molar-refractivity contribution in [2.24, 2.45) is 5.92 Å². The van der Waals surface area contributed by atoms with E-state index in [0.717, 1.165) is 12.8 Å². The average Bonchev–Trinajstić information content (AvgIpc) is 2.43. The number of likely N-dealkylation sites (tertiary alicyclic amines) is 1. The molecular formula is C14H16ClF2NO. The molecule has 1 aromatic rings. The van der Waals surface area contributed by atoms with Crippen molar-refractivity contribution in [3.8, 4) is 0 Å². The molecule has 1 aromatic carbocycles. The van der Waals surface area contributed by atoms with Gasteiger partial charge in [-0.15, -0.1) is 11.6 Å². The Kier molecular flexibility index (Phi) is 4.75. The molecule has 0 aromatic heterocycles. The molecule has 104 valence electrons. The summed E-state index contributed by atoms with van der Waals surface area (Å²) >= 11 is 5.78. The van der Waals surface area contributed by atoms with Crippen molar-refractivity contribution in [1.29, 1.82) is 0 Å². The average molecular weight is 288 g/mol. The highest BCUT2D eigenvalue weighted by Gasteiger charge is 2.23. The molecule has 0 atom stereocenters. The van der Waals surface area contributed by atoms with E-state index in [-0.39, 0.29) is 17.9 Å². The molecule has 1 aliphatic rings. The molecule has 1 aliphatic heterocycles. The number of hydrogen-bond donors (Lipinski definition) is 0. The van der Waals surface area contributed by atoms with Crippen molar-refractivity contribution in [3.05, 3.63) is 35.4 Å². The van der Waals surface area contributed by atoms with Gasteiger partial charge in [0.05, 0.1) is 6.42 Å². The molecular weight excluding hydrogens is 272 g/mol. The maximum Gasteiger partial charge on any atom is 0.227 e. The summed E-state index contributed by atoms with van der Waals surface area (Å²) in [6.07, 6.45) is 1.49. The number of carbonyl (C=O) groups is 1. The zero-order chi connectivity index (χ0) is 13.8. The van der Waals surface area contributed by atoms with Crippen LogP contribution < -0.4 is 0 Å². The smallest absolute Gasteiger partial charge is 0.227 e. The van der Waals surface area contributed by atoms with Crippen molar-refractivity contribution >= 4 is 17.5 Å². The van der Waals surface area contributed by atoms with Crippen LogP contribution in [0.1, 0.15) is 18.4 Å². The normalized spacial score (nSPS) is 16.7. The van der Waals surface area contributed by atoms with Crippen molar-refractivity contribution in [2.75, 3.05) is 19.0 Å². The van der Waals surface area contributed by atoms with Crippen molar-refractivity contribution in [1.82, 2.24) is 4.90 Å². The van der Waals surface area contributed by atoms with Gasteiger partial charge in [-0.1, -0.05) is 6.07 Å². The first-order chi connectivity index (χ1) is 9.11. The maximum atomic E-state index is 13.5. The predicted molar refractivity (Wildman–Crippen MR) is 70.1 cm³/mol. The van der Waals surface area contributed by atoms with Crippen LogP contribution in [0.4, 0.5) is 8.78 Å². The van der Waals surface area contributed by atoms with E-state index in [2.05, 4.69) is 0 Å². The Morgan fingerprint density at radius 3 is 2.37 bits per heavy atom. The number of amides is 1. The Labute approximate surface area is 116 Å². The highest BCUT2D eigenvalue weighted by atomic mass is 35.5. The van der Waals surface area contributed by atoms with E-state index >= 15 is 0 Å². The lowest BCUT2D eigenvalue weighted by atomic mass is 9.98. The second-order valence-electron chi connectivity index (χ2n) is 4.86.